The van der Waals surface area contributed by atoms with Gasteiger partial charge in [-0.15, -0.1) is 0 Å². The molecule has 1 rings (SSSR count). The van der Waals surface area contributed by atoms with Crippen LogP contribution in [0.4, 0.5) is 0 Å². The number of hydrogen-bond acceptors (Lipinski definition) is 4. The molecule has 0 fully saturated rings. The van der Waals surface area contributed by atoms with Crippen molar-refractivity contribution in [1.29, 1.82) is 0 Å². The third-order valence-electron chi connectivity index (χ3n) is 3.52. The molecule has 1 aromatic rings. The van der Waals surface area contributed by atoms with Gasteiger partial charge in [-0.3, -0.25) is 5.32 Å². The van der Waals surface area contributed by atoms with Crippen molar-refractivity contribution >= 4 is 5.97 Å². The number of carboxylic acids is 1. The monoisotopic (exact) mass is 281 g/mol. The summed E-state index contributed by atoms with van der Waals surface area (Å²) in [7, 11) is 3.07. The normalized spacial score (nSPS) is 15.2. The number of nitrogens with one attached hydrogen (secondary N) is 1. The van der Waals surface area contributed by atoms with E-state index in [1.165, 1.54) is 7.11 Å². The molecule has 5 nitrogen and oxygen atoms in total. The van der Waals surface area contributed by atoms with Gasteiger partial charge in [0.1, 0.15) is 17.0 Å². The molecule has 112 valence electrons. The first-order chi connectivity index (χ1) is 9.38. The van der Waals surface area contributed by atoms with Crippen LogP contribution in [0.5, 0.6) is 11.5 Å². The molecular weight excluding hydrogens is 258 g/mol. The first kappa shape index (κ1) is 16.3. The van der Waals surface area contributed by atoms with E-state index in [1.54, 1.807) is 32.2 Å². The molecule has 0 aliphatic heterocycles. The fourth-order valence-electron chi connectivity index (χ4n) is 2.05. The van der Waals surface area contributed by atoms with E-state index in [0.29, 0.717) is 17.1 Å². The van der Waals surface area contributed by atoms with Crippen molar-refractivity contribution in [1.82, 2.24) is 5.32 Å². The number of carboxylic acid groups (broad SMARTS) is 1. The number of benzene rings is 1. The van der Waals surface area contributed by atoms with Gasteiger partial charge in [-0.05, 0) is 38.5 Å². The second kappa shape index (κ2) is 6.61. The number of methoxy groups -OCH3 is 2. The standard InChI is InChI=1S/C15H23NO4/c1-6-10(2)16-15(3,14(17)18)12-9-11(19-4)7-8-13(12)20-5/h7-10,16H,6H2,1-5H3,(H,17,18). The number of aliphatic carboxylic acids is 1. The Balaban J connectivity index is 3.36. The Morgan fingerprint density at radius 2 is 2.05 bits per heavy atom. The third kappa shape index (κ3) is 3.22. The van der Waals surface area contributed by atoms with Crippen LogP contribution >= 0.6 is 0 Å². The van der Waals surface area contributed by atoms with Crippen LogP contribution in [0.3, 0.4) is 0 Å². The zero-order valence-corrected chi connectivity index (χ0v) is 12.7. The van der Waals surface area contributed by atoms with E-state index in [1.807, 2.05) is 13.8 Å². The maximum atomic E-state index is 11.8. The van der Waals surface area contributed by atoms with Crippen LogP contribution in [-0.2, 0) is 10.3 Å². The lowest BCUT2D eigenvalue weighted by atomic mass is 9.89. The van der Waals surface area contributed by atoms with Gasteiger partial charge in [0, 0.05) is 11.6 Å². The van der Waals surface area contributed by atoms with Crippen molar-refractivity contribution in [2.24, 2.45) is 0 Å². The van der Waals surface area contributed by atoms with Gasteiger partial charge >= 0.3 is 5.97 Å². The molecule has 0 amide bonds. The fourth-order valence-corrected chi connectivity index (χ4v) is 2.05. The predicted molar refractivity (Wildman–Crippen MR) is 77.4 cm³/mol. The molecule has 2 unspecified atom stereocenters. The van der Waals surface area contributed by atoms with Gasteiger partial charge in [-0.2, -0.15) is 0 Å². The van der Waals surface area contributed by atoms with E-state index in [2.05, 4.69) is 5.32 Å². The Labute approximate surface area is 119 Å². The van der Waals surface area contributed by atoms with Crippen molar-refractivity contribution in [3.05, 3.63) is 23.8 Å². The minimum atomic E-state index is -1.24. The van der Waals surface area contributed by atoms with Gasteiger partial charge in [-0.25, -0.2) is 4.79 Å². The average Bonchev–Trinajstić information content (AvgIpc) is 2.45. The first-order valence-corrected chi connectivity index (χ1v) is 6.62. The highest BCUT2D eigenvalue weighted by molar-refractivity contribution is 5.81. The van der Waals surface area contributed by atoms with Gasteiger partial charge in [0.25, 0.3) is 0 Å². The molecule has 5 heteroatoms. The summed E-state index contributed by atoms with van der Waals surface area (Å²) in [5.41, 5.74) is -0.692. The average molecular weight is 281 g/mol. The second-order valence-corrected chi connectivity index (χ2v) is 4.95. The number of rotatable bonds is 7. The molecule has 0 saturated carbocycles. The minimum Gasteiger partial charge on any atom is -0.497 e. The summed E-state index contributed by atoms with van der Waals surface area (Å²) in [5, 5.41) is 12.8. The van der Waals surface area contributed by atoms with Crippen LogP contribution in [0.25, 0.3) is 0 Å². The van der Waals surface area contributed by atoms with Crippen LogP contribution < -0.4 is 14.8 Å². The molecule has 0 aliphatic rings. The molecular formula is C15H23NO4. The van der Waals surface area contributed by atoms with Gasteiger partial charge in [-0.1, -0.05) is 6.92 Å². The molecule has 0 aliphatic carbocycles. The van der Waals surface area contributed by atoms with Crippen LogP contribution in [0.1, 0.15) is 32.8 Å². The van der Waals surface area contributed by atoms with E-state index in [-0.39, 0.29) is 6.04 Å². The van der Waals surface area contributed by atoms with E-state index in [9.17, 15) is 9.90 Å². The second-order valence-electron chi connectivity index (χ2n) is 4.95. The number of ether oxygens (including phenoxy) is 2. The molecule has 2 atom stereocenters. The Hall–Kier alpha value is -1.75. The van der Waals surface area contributed by atoms with Crippen molar-refractivity contribution in [3.8, 4) is 11.5 Å². The SMILES string of the molecule is CCC(C)NC(C)(C(=O)O)c1cc(OC)ccc1OC. The van der Waals surface area contributed by atoms with Gasteiger partial charge in [0.15, 0.2) is 0 Å². The van der Waals surface area contributed by atoms with Crippen LogP contribution in [-0.4, -0.2) is 31.3 Å². The first-order valence-electron chi connectivity index (χ1n) is 6.62. The molecule has 0 bridgehead atoms. The number of carbonyl (C=O) groups is 1. The lowest BCUT2D eigenvalue weighted by molar-refractivity contribution is -0.145. The van der Waals surface area contributed by atoms with Crippen molar-refractivity contribution in [3.63, 3.8) is 0 Å². The maximum absolute atomic E-state index is 11.8. The van der Waals surface area contributed by atoms with Crippen molar-refractivity contribution < 1.29 is 19.4 Å². The van der Waals surface area contributed by atoms with Crippen LogP contribution in [0.15, 0.2) is 18.2 Å². The van der Waals surface area contributed by atoms with Crippen molar-refractivity contribution in [2.75, 3.05) is 14.2 Å². The quantitative estimate of drug-likeness (QED) is 0.803. The molecule has 0 heterocycles. The summed E-state index contributed by atoms with van der Waals surface area (Å²) in [4.78, 5) is 11.8. The van der Waals surface area contributed by atoms with E-state index >= 15 is 0 Å². The Bertz CT molecular complexity index is 475. The highest BCUT2D eigenvalue weighted by atomic mass is 16.5. The molecule has 1 aromatic carbocycles. The molecule has 0 saturated heterocycles. The zero-order chi connectivity index (χ0) is 15.3. The fraction of sp³-hybridized carbons (Fsp3) is 0.533. The minimum absolute atomic E-state index is 0.0620. The van der Waals surface area contributed by atoms with Gasteiger partial charge in [0.2, 0.25) is 0 Å². The summed E-state index contributed by atoms with van der Waals surface area (Å²) in [6, 6.07) is 5.22. The molecule has 2 N–H and O–H groups in total. The van der Waals surface area contributed by atoms with E-state index in [4.69, 9.17) is 9.47 Å². The molecule has 0 radical (unpaired) electrons. The summed E-state index contributed by atoms with van der Waals surface area (Å²) in [6.45, 7) is 5.59. The lowest BCUT2D eigenvalue weighted by Crippen LogP contribution is -2.50. The molecule has 0 aromatic heterocycles. The van der Waals surface area contributed by atoms with E-state index < -0.39 is 11.5 Å². The third-order valence-corrected chi connectivity index (χ3v) is 3.52. The summed E-state index contributed by atoms with van der Waals surface area (Å²) in [6.07, 6.45) is 0.829. The van der Waals surface area contributed by atoms with Crippen LogP contribution in [0, 0.1) is 0 Å². The molecule has 0 spiro atoms. The largest absolute Gasteiger partial charge is 0.497 e. The van der Waals surface area contributed by atoms with Crippen LogP contribution in [0.2, 0.25) is 0 Å². The predicted octanol–water partition coefficient (Wildman–Crippen LogP) is 2.39. The lowest BCUT2D eigenvalue weighted by Gasteiger charge is -2.31. The highest BCUT2D eigenvalue weighted by Gasteiger charge is 2.38. The Morgan fingerprint density at radius 3 is 2.50 bits per heavy atom. The summed E-state index contributed by atoms with van der Waals surface area (Å²) in [5.74, 6) is 0.162. The Morgan fingerprint density at radius 1 is 1.40 bits per heavy atom. The van der Waals surface area contributed by atoms with Crippen molar-refractivity contribution in [2.45, 2.75) is 38.8 Å². The van der Waals surface area contributed by atoms with Gasteiger partial charge in [0.05, 0.1) is 14.2 Å². The summed E-state index contributed by atoms with van der Waals surface area (Å²) >= 11 is 0. The highest BCUT2D eigenvalue weighted by Crippen LogP contribution is 2.34. The Kier molecular flexibility index (Phi) is 5.39. The smallest absolute Gasteiger partial charge is 0.328 e. The zero-order valence-electron chi connectivity index (χ0n) is 12.7. The molecule has 20 heavy (non-hydrogen) atoms. The maximum Gasteiger partial charge on any atom is 0.328 e. The van der Waals surface area contributed by atoms with Gasteiger partial charge < -0.3 is 14.6 Å². The topological polar surface area (TPSA) is 67.8 Å². The number of hydrogen-bond donors (Lipinski definition) is 2. The van der Waals surface area contributed by atoms with E-state index in [0.717, 1.165) is 6.42 Å². The summed E-state index contributed by atoms with van der Waals surface area (Å²) < 4.78 is 10.5.